The molecule has 0 aliphatic carbocycles. The predicted octanol–water partition coefficient (Wildman–Crippen LogP) is 3.59. The second-order valence-corrected chi connectivity index (χ2v) is 7.50. The van der Waals surface area contributed by atoms with Crippen molar-refractivity contribution in [2.75, 3.05) is 39.9 Å². The average Bonchev–Trinajstić information content (AvgIpc) is 2.80. The maximum atomic E-state index is 6.15. The minimum Gasteiger partial charge on any atom is -0.493 e. The molecule has 1 aliphatic heterocycles. The normalized spacial score (nSPS) is 15.9. The number of likely N-dealkylation sites (N-methyl/N-ethyl adjacent to an activating group) is 1. The molecule has 30 heavy (non-hydrogen) atoms. The van der Waals surface area contributed by atoms with Gasteiger partial charge in [-0.3, -0.25) is 4.98 Å². The van der Waals surface area contributed by atoms with Crippen LogP contribution in [0, 0.1) is 0 Å². The molecule has 158 valence electrons. The van der Waals surface area contributed by atoms with Gasteiger partial charge in [-0.1, -0.05) is 26.0 Å². The maximum absolute atomic E-state index is 6.15. The molecule has 1 aliphatic rings. The van der Waals surface area contributed by atoms with Crippen molar-refractivity contribution < 1.29 is 9.47 Å². The summed E-state index contributed by atoms with van der Waals surface area (Å²) in [5.41, 5.74) is 5.19. The van der Waals surface area contributed by atoms with Crippen molar-refractivity contribution in [2.45, 2.75) is 26.3 Å². The predicted molar refractivity (Wildman–Crippen MR) is 119 cm³/mol. The summed E-state index contributed by atoms with van der Waals surface area (Å²) < 4.78 is 11.8. The number of hydrogen-bond acceptors (Lipinski definition) is 6. The van der Waals surface area contributed by atoms with Gasteiger partial charge in [-0.25, -0.2) is 4.98 Å². The van der Waals surface area contributed by atoms with Gasteiger partial charge >= 0.3 is 0 Å². The number of hydrogen-bond donors (Lipinski definition) is 1. The molecule has 1 N–H and O–H groups in total. The summed E-state index contributed by atoms with van der Waals surface area (Å²) in [4.78, 5) is 11.8. The third kappa shape index (κ3) is 4.25. The van der Waals surface area contributed by atoms with E-state index in [1.54, 1.807) is 7.11 Å². The number of aromatic nitrogens is 2. The van der Waals surface area contributed by atoms with Crippen molar-refractivity contribution in [3.05, 3.63) is 59.4 Å². The molecule has 0 amide bonds. The Labute approximate surface area is 178 Å². The van der Waals surface area contributed by atoms with E-state index in [9.17, 15) is 0 Å². The molecule has 0 saturated carbocycles. The second-order valence-electron chi connectivity index (χ2n) is 7.50. The first-order chi connectivity index (χ1) is 14.7. The van der Waals surface area contributed by atoms with Crippen LogP contribution in [0.5, 0.6) is 11.5 Å². The van der Waals surface area contributed by atoms with Gasteiger partial charge < -0.3 is 19.7 Å². The van der Waals surface area contributed by atoms with Crippen molar-refractivity contribution >= 4 is 11.0 Å². The summed E-state index contributed by atoms with van der Waals surface area (Å²) in [6.07, 6.45) is 2.82. The summed E-state index contributed by atoms with van der Waals surface area (Å²) in [7, 11) is 1.70. The van der Waals surface area contributed by atoms with E-state index in [0.29, 0.717) is 6.61 Å². The van der Waals surface area contributed by atoms with Gasteiger partial charge in [0.1, 0.15) is 6.61 Å². The van der Waals surface area contributed by atoms with Gasteiger partial charge in [-0.15, -0.1) is 0 Å². The average molecular weight is 407 g/mol. The SMILES string of the molecule is CCN(CC)CCOc1cc2c(cc1OC)CCNC2c1cnc2ccccc2n1. The highest BCUT2D eigenvalue weighted by Crippen LogP contribution is 2.37. The lowest BCUT2D eigenvalue weighted by Gasteiger charge is -2.28. The number of nitrogens with zero attached hydrogens (tertiary/aromatic N) is 3. The second kappa shape index (κ2) is 9.41. The first-order valence-electron chi connectivity index (χ1n) is 10.7. The van der Waals surface area contributed by atoms with E-state index in [4.69, 9.17) is 14.5 Å². The van der Waals surface area contributed by atoms with Crippen LogP contribution in [0.25, 0.3) is 11.0 Å². The molecule has 0 saturated heterocycles. The van der Waals surface area contributed by atoms with Crippen molar-refractivity contribution in [2.24, 2.45) is 0 Å². The third-order valence-electron chi connectivity index (χ3n) is 5.80. The van der Waals surface area contributed by atoms with Crippen LogP contribution in [0.2, 0.25) is 0 Å². The Morgan fingerprint density at radius 3 is 2.67 bits per heavy atom. The Morgan fingerprint density at radius 2 is 1.90 bits per heavy atom. The van der Waals surface area contributed by atoms with Gasteiger partial charge in [0, 0.05) is 13.1 Å². The van der Waals surface area contributed by atoms with Crippen LogP contribution < -0.4 is 14.8 Å². The number of rotatable bonds is 8. The number of methoxy groups -OCH3 is 1. The van der Waals surface area contributed by atoms with Gasteiger partial charge in [0.15, 0.2) is 11.5 Å². The lowest BCUT2D eigenvalue weighted by Crippen LogP contribution is -2.31. The van der Waals surface area contributed by atoms with Crippen molar-refractivity contribution in [1.29, 1.82) is 0 Å². The monoisotopic (exact) mass is 406 g/mol. The van der Waals surface area contributed by atoms with E-state index in [-0.39, 0.29) is 6.04 Å². The van der Waals surface area contributed by atoms with Gasteiger partial charge in [-0.2, -0.15) is 0 Å². The molecular weight excluding hydrogens is 376 g/mol. The van der Waals surface area contributed by atoms with Crippen LogP contribution in [0.4, 0.5) is 0 Å². The Morgan fingerprint density at radius 1 is 1.10 bits per heavy atom. The molecular formula is C24H30N4O2. The van der Waals surface area contributed by atoms with Crippen LogP contribution in [-0.2, 0) is 6.42 Å². The van der Waals surface area contributed by atoms with Gasteiger partial charge in [0.25, 0.3) is 0 Å². The first-order valence-corrected chi connectivity index (χ1v) is 10.7. The van der Waals surface area contributed by atoms with Crippen LogP contribution in [0.15, 0.2) is 42.6 Å². The highest BCUT2D eigenvalue weighted by atomic mass is 16.5. The molecule has 1 atom stereocenters. The minimum absolute atomic E-state index is 0.0121. The lowest BCUT2D eigenvalue weighted by molar-refractivity contribution is 0.217. The van der Waals surface area contributed by atoms with Crippen LogP contribution in [0.3, 0.4) is 0 Å². The number of para-hydroxylation sites is 2. The van der Waals surface area contributed by atoms with E-state index in [2.05, 4.69) is 41.2 Å². The molecule has 1 aromatic heterocycles. The van der Waals surface area contributed by atoms with Gasteiger partial charge in [-0.05, 0) is 54.9 Å². The fraction of sp³-hybridized carbons (Fsp3) is 0.417. The van der Waals surface area contributed by atoms with Crippen LogP contribution >= 0.6 is 0 Å². The molecule has 6 nitrogen and oxygen atoms in total. The highest BCUT2D eigenvalue weighted by Gasteiger charge is 2.25. The van der Waals surface area contributed by atoms with E-state index in [1.807, 2.05) is 30.5 Å². The van der Waals surface area contributed by atoms with E-state index < -0.39 is 0 Å². The molecule has 6 heteroatoms. The van der Waals surface area contributed by atoms with Crippen LogP contribution in [0.1, 0.15) is 36.7 Å². The Hall–Kier alpha value is -2.70. The number of ether oxygens (including phenoxy) is 2. The highest BCUT2D eigenvalue weighted by molar-refractivity contribution is 5.73. The standard InChI is InChI=1S/C24H30N4O2/c1-4-28(5-2)12-13-30-23-15-18-17(14-22(23)29-3)10-11-25-24(18)21-16-26-19-8-6-7-9-20(19)27-21/h6-9,14-16,24-25H,4-5,10-13H2,1-3H3. The molecule has 2 aromatic carbocycles. The topological polar surface area (TPSA) is 59.5 Å². The number of nitrogens with one attached hydrogen (secondary N) is 1. The summed E-state index contributed by atoms with van der Waals surface area (Å²) in [5.74, 6) is 1.57. The Kier molecular flexibility index (Phi) is 6.45. The van der Waals surface area contributed by atoms with E-state index in [0.717, 1.165) is 60.8 Å². The molecule has 4 rings (SSSR count). The maximum Gasteiger partial charge on any atom is 0.161 e. The molecule has 0 spiro atoms. The molecule has 1 unspecified atom stereocenters. The van der Waals surface area contributed by atoms with Crippen molar-refractivity contribution in [3.8, 4) is 11.5 Å². The fourth-order valence-electron chi connectivity index (χ4n) is 4.04. The van der Waals surface area contributed by atoms with E-state index >= 15 is 0 Å². The lowest BCUT2D eigenvalue weighted by atomic mass is 9.92. The smallest absolute Gasteiger partial charge is 0.161 e. The molecule has 2 heterocycles. The van der Waals surface area contributed by atoms with Crippen molar-refractivity contribution in [1.82, 2.24) is 20.2 Å². The number of benzene rings is 2. The summed E-state index contributed by atoms with van der Waals surface area (Å²) in [6.45, 7) is 8.79. The Bertz CT molecular complexity index is 1000. The molecule has 0 bridgehead atoms. The summed E-state index contributed by atoms with van der Waals surface area (Å²) in [6, 6.07) is 12.2. The fourth-order valence-corrected chi connectivity index (χ4v) is 4.04. The summed E-state index contributed by atoms with van der Waals surface area (Å²) >= 11 is 0. The third-order valence-corrected chi connectivity index (χ3v) is 5.80. The van der Waals surface area contributed by atoms with Gasteiger partial charge in [0.05, 0.1) is 36.1 Å². The molecule has 0 fully saturated rings. The van der Waals surface area contributed by atoms with E-state index in [1.165, 1.54) is 11.1 Å². The number of fused-ring (bicyclic) bond motifs is 2. The van der Waals surface area contributed by atoms with Gasteiger partial charge in [0.2, 0.25) is 0 Å². The van der Waals surface area contributed by atoms with Crippen LogP contribution in [-0.4, -0.2) is 54.8 Å². The largest absolute Gasteiger partial charge is 0.493 e. The summed E-state index contributed by atoms with van der Waals surface area (Å²) in [5, 5.41) is 3.61. The van der Waals surface area contributed by atoms with Crippen molar-refractivity contribution in [3.63, 3.8) is 0 Å². The zero-order valence-corrected chi connectivity index (χ0v) is 18.0. The molecule has 3 aromatic rings. The molecule has 0 radical (unpaired) electrons. The zero-order chi connectivity index (χ0) is 20.9. The minimum atomic E-state index is -0.0121. The Balaban J connectivity index is 1.64. The zero-order valence-electron chi connectivity index (χ0n) is 18.0. The quantitative estimate of drug-likeness (QED) is 0.617. The first kappa shape index (κ1) is 20.6.